The molecule has 3 rings (SSSR count). The topological polar surface area (TPSA) is 29.5 Å². The first kappa shape index (κ1) is 14.4. The van der Waals surface area contributed by atoms with Gasteiger partial charge in [-0.25, -0.2) is 13.2 Å². The molecule has 6 heteroatoms. The number of halogens is 3. The van der Waals surface area contributed by atoms with Gasteiger partial charge in [0.25, 0.3) is 5.91 Å². The van der Waals surface area contributed by atoms with Crippen LogP contribution in [0.4, 0.5) is 13.2 Å². The third-order valence-electron chi connectivity index (χ3n) is 4.22. The van der Waals surface area contributed by atoms with Gasteiger partial charge in [-0.15, -0.1) is 0 Å². The van der Waals surface area contributed by atoms with Crippen LogP contribution in [0.25, 0.3) is 0 Å². The van der Waals surface area contributed by atoms with Crippen LogP contribution in [0, 0.1) is 17.5 Å². The largest absolute Gasteiger partial charge is 0.374 e. The van der Waals surface area contributed by atoms with Gasteiger partial charge in [-0.05, 0) is 25.0 Å². The van der Waals surface area contributed by atoms with Crippen LogP contribution in [0.2, 0.25) is 0 Å². The minimum atomic E-state index is -1.55. The van der Waals surface area contributed by atoms with E-state index in [2.05, 4.69) is 0 Å². The van der Waals surface area contributed by atoms with Crippen molar-refractivity contribution in [1.29, 1.82) is 0 Å². The van der Waals surface area contributed by atoms with Gasteiger partial charge in [0.1, 0.15) is 0 Å². The maximum Gasteiger partial charge on any atom is 0.254 e. The highest BCUT2D eigenvalue weighted by Gasteiger charge is 2.37. The molecule has 0 radical (unpaired) electrons. The molecule has 1 aliphatic heterocycles. The number of hydrogen-bond donors (Lipinski definition) is 0. The van der Waals surface area contributed by atoms with Crippen molar-refractivity contribution in [3.05, 3.63) is 35.1 Å². The molecule has 114 valence electrons. The van der Waals surface area contributed by atoms with Gasteiger partial charge in [-0.1, -0.05) is 12.8 Å². The second kappa shape index (κ2) is 5.67. The summed E-state index contributed by atoms with van der Waals surface area (Å²) in [5.74, 6) is -4.70. The van der Waals surface area contributed by atoms with Gasteiger partial charge < -0.3 is 9.64 Å². The first-order chi connectivity index (χ1) is 10.1. The van der Waals surface area contributed by atoms with E-state index in [1.165, 1.54) is 0 Å². The van der Waals surface area contributed by atoms with Crippen LogP contribution in [0.15, 0.2) is 12.1 Å². The number of fused-ring (bicyclic) bond motifs is 1. The van der Waals surface area contributed by atoms with E-state index in [1.54, 1.807) is 4.90 Å². The van der Waals surface area contributed by atoms with E-state index < -0.39 is 23.4 Å². The molecule has 0 N–H and O–H groups in total. The summed E-state index contributed by atoms with van der Waals surface area (Å²) >= 11 is 0. The minimum Gasteiger partial charge on any atom is -0.374 e. The summed E-state index contributed by atoms with van der Waals surface area (Å²) in [6.45, 7) is 0.805. The molecule has 2 fully saturated rings. The van der Waals surface area contributed by atoms with Crippen LogP contribution in [0.5, 0.6) is 0 Å². The molecular formula is C15H16F3NO2. The maximum absolute atomic E-state index is 13.3. The number of carbonyl (C=O) groups excluding carboxylic acids is 1. The van der Waals surface area contributed by atoms with Gasteiger partial charge in [0.2, 0.25) is 0 Å². The summed E-state index contributed by atoms with van der Waals surface area (Å²) < 4.78 is 45.2. The highest BCUT2D eigenvalue weighted by atomic mass is 19.2. The number of morpholine rings is 1. The van der Waals surface area contributed by atoms with Crippen molar-refractivity contribution in [2.45, 2.75) is 37.8 Å². The predicted octanol–water partition coefficient (Wildman–Crippen LogP) is 2.89. The van der Waals surface area contributed by atoms with Crippen LogP contribution < -0.4 is 0 Å². The maximum atomic E-state index is 13.3. The molecule has 0 aromatic heterocycles. The zero-order valence-electron chi connectivity index (χ0n) is 11.4. The molecule has 2 aliphatic rings. The van der Waals surface area contributed by atoms with Gasteiger partial charge in [0.05, 0.1) is 18.8 Å². The molecular weight excluding hydrogens is 283 g/mol. The summed E-state index contributed by atoms with van der Waals surface area (Å²) in [5.41, 5.74) is -0.155. The number of ether oxygens (including phenoxy) is 1. The molecule has 1 aromatic rings. The normalized spacial score (nSPS) is 25.6. The van der Waals surface area contributed by atoms with E-state index in [1.807, 2.05) is 0 Å². The van der Waals surface area contributed by atoms with Gasteiger partial charge in [0, 0.05) is 12.1 Å². The van der Waals surface area contributed by atoms with E-state index in [9.17, 15) is 18.0 Å². The van der Waals surface area contributed by atoms with Crippen molar-refractivity contribution >= 4 is 5.91 Å². The van der Waals surface area contributed by atoms with Crippen LogP contribution in [-0.4, -0.2) is 36.1 Å². The minimum absolute atomic E-state index is 0.00778. The van der Waals surface area contributed by atoms with Gasteiger partial charge >= 0.3 is 0 Å². The molecule has 21 heavy (non-hydrogen) atoms. The van der Waals surface area contributed by atoms with Crippen molar-refractivity contribution in [3.63, 3.8) is 0 Å². The van der Waals surface area contributed by atoms with Crippen LogP contribution in [0.3, 0.4) is 0 Å². The second-order valence-electron chi connectivity index (χ2n) is 5.51. The van der Waals surface area contributed by atoms with Crippen LogP contribution >= 0.6 is 0 Å². The lowest BCUT2D eigenvalue weighted by molar-refractivity contribution is -0.0753. The Kier molecular flexibility index (Phi) is 3.89. The monoisotopic (exact) mass is 299 g/mol. The molecule has 2 atom stereocenters. The fourth-order valence-electron chi connectivity index (χ4n) is 3.19. The summed E-state index contributed by atoms with van der Waals surface area (Å²) in [4.78, 5) is 14.1. The molecule has 1 aliphatic carbocycles. The SMILES string of the molecule is O=C(c1cc(F)c(F)c(F)c1)N1CCOC2CCCCC21. The lowest BCUT2D eigenvalue weighted by atomic mass is 9.89. The molecule has 0 spiro atoms. The number of benzene rings is 1. The van der Waals surface area contributed by atoms with Crippen LogP contribution in [-0.2, 0) is 4.74 Å². The van der Waals surface area contributed by atoms with Crippen molar-refractivity contribution in [1.82, 2.24) is 4.90 Å². The molecule has 1 amide bonds. The Labute approximate surface area is 120 Å². The first-order valence-electron chi connectivity index (χ1n) is 7.15. The van der Waals surface area contributed by atoms with Crippen molar-refractivity contribution < 1.29 is 22.7 Å². The average molecular weight is 299 g/mol. The van der Waals surface area contributed by atoms with Gasteiger partial charge in [-0.2, -0.15) is 0 Å². The molecule has 1 heterocycles. The predicted molar refractivity (Wildman–Crippen MR) is 69.3 cm³/mol. The number of hydrogen-bond acceptors (Lipinski definition) is 2. The number of amides is 1. The van der Waals surface area contributed by atoms with Crippen molar-refractivity contribution in [2.75, 3.05) is 13.2 Å². The van der Waals surface area contributed by atoms with Gasteiger partial charge in [-0.3, -0.25) is 4.79 Å². The Hall–Kier alpha value is -1.56. The Balaban J connectivity index is 1.87. The Morgan fingerprint density at radius 1 is 1.14 bits per heavy atom. The fraction of sp³-hybridized carbons (Fsp3) is 0.533. The number of carbonyl (C=O) groups is 1. The summed E-state index contributed by atoms with van der Waals surface area (Å²) in [6, 6.07) is 1.46. The summed E-state index contributed by atoms with van der Waals surface area (Å²) in [7, 11) is 0. The third-order valence-corrected chi connectivity index (χ3v) is 4.22. The zero-order valence-corrected chi connectivity index (χ0v) is 11.4. The Morgan fingerprint density at radius 3 is 2.52 bits per heavy atom. The molecule has 0 bridgehead atoms. The van der Waals surface area contributed by atoms with E-state index in [0.717, 1.165) is 37.8 Å². The summed E-state index contributed by atoms with van der Waals surface area (Å²) in [5, 5.41) is 0. The number of rotatable bonds is 1. The molecule has 2 unspecified atom stereocenters. The molecule has 3 nitrogen and oxygen atoms in total. The molecule has 1 saturated heterocycles. The first-order valence-corrected chi connectivity index (χ1v) is 7.15. The lowest BCUT2D eigenvalue weighted by Gasteiger charge is -2.43. The lowest BCUT2D eigenvalue weighted by Crippen LogP contribution is -2.54. The highest BCUT2D eigenvalue weighted by Crippen LogP contribution is 2.29. The smallest absolute Gasteiger partial charge is 0.254 e. The molecule has 1 aromatic carbocycles. The van der Waals surface area contributed by atoms with Crippen LogP contribution in [0.1, 0.15) is 36.0 Å². The van der Waals surface area contributed by atoms with E-state index >= 15 is 0 Å². The third kappa shape index (κ3) is 2.64. The van der Waals surface area contributed by atoms with Crippen molar-refractivity contribution in [3.8, 4) is 0 Å². The highest BCUT2D eigenvalue weighted by molar-refractivity contribution is 5.94. The Bertz CT molecular complexity index is 539. The number of nitrogens with zero attached hydrogens (tertiary/aromatic N) is 1. The zero-order chi connectivity index (χ0) is 15.0. The van der Waals surface area contributed by atoms with E-state index in [-0.39, 0.29) is 17.7 Å². The van der Waals surface area contributed by atoms with E-state index in [4.69, 9.17) is 4.74 Å². The fourth-order valence-corrected chi connectivity index (χ4v) is 3.19. The summed E-state index contributed by atoms with van der Waals surface area (Å²) in [6.07, 6.45) is 3.76. The van der Waals surface area contributed by atoms with Gasteiger partial charge in [0.15, 0.2) is 17.5 Å². The quantitative estimate of drug-likeness (QED) is 0.746. The Morgan fingerprint density at radius 2 is 1.81 bits per heavy atom. The van der Waals surface area contributed by atoms with E-state index in [0.29, 0.717) is 13.2 Å². The second-order valence-corrected chi connectivity index (χ2v) is 5.51. The average Bonchev–Trinajstić information content (AvgIpc) is 2.51. The molecule has 1 saturated carbocycles. The van der Waals surface area contributed by atoms with Crippen molar-refractivity contribution in [2.24, 2.45) is 0 Å². The standard InChI is InChI=1S/C15H16F3NO2/c16-10-7-9(8-11(17)14(10)18)15(20)19-5-6-21-13-4-2-1-3-12(13)19/h7-8,12-13H,1-6H2.